The molecule has 76 valence electrons. The minimum Gasteiger partial charge on any atom is -0.373 e. The molecule has 1 fully saturated rings. The molecule has 0 saturated carbocycles. The van der Waals surface area contributed by atoms with Gasteiger partial charge in [-0.05, 0) is 25.1 Å². The molecule has 13 heavy (non-hydrogen) atoms. The van der Waals surface area contributed by atoms with Crippen LogP contribution in [0, 0.1) is 0 Å². The summed E-state index contributed by atoms with van der Waals surface area (Å²) in [7, 11) is 0. The standard InChI is InChI=1S/C8H14FNO3/c1-6-2-3-7(10(9)12)8(13-6)4-5-11/h5-8,12H,2-4H2,1H3. The van der Waals surface area contributed by atoms with Gasteiger partial charge in [0.05, 0.1) is 18.2 Å². The molecule has 0 radical (unpaired) electrons. The van der Waals surface area contributed by atoms with E-state index in [1.807, 2.05) is 6.92 Å². The summed E-state index contributed by atoms with van der Waals surface area (Å²) >= 11 is 0. The number of hydrogen-bond acceptors (Lipinski definition) is 4. The summed E-state index contributed by atoms with van der Waals surface area (Å²) in [4.78, 5) is 10.2. The van der Waals surface area contributed by atoms with Crippen LogP contribution in [0.5, 0.6) is 0 Å². The SMILES string of the molecule is CC1CCC(N(O)F)C(CC=O)O1. The fourth-order valence-corrected chi connectivity index (χ4v) is 1.60. The average molecular weight is 191 g/mol. The molecule has 0 aromatic heterocycles. The highest BCUT2D eigenvalue weighted by Crippen LogP contribution is 2.24. The van der Waals surface area contributed by atoms with Gasteiger partial charge in [0.2, 0.25) is 0 Å². The van der Waals surface area contributed by atoms with E-state index < -0.39 is 12.1 Å². The Morgan fingerprint density at radius 2 is 2.38 bits per heavy atom. The number of carbonyl (C=O) groups excluding carboxylic acids is 1. The van der Waals surface area contributed by atoms with Crippen LogP contribution < -0.4 is 0 Å². The van der Waals surface area contributed by atoms with Gasteiger partial charge < -0.3 is 9.53 Å². The van der Waals surface area contributed by atoms with E-state index in [1.54, 1.807) is 0 Å². The second kappa shape index (κ2) is 4.64. The van der Waals surface area contributed by atoms with Crippen LogP contribution in [0.3, 0.4) is 0 Å². The zero-order valence-electron chi connectivity index (χ0n) is 7.52. The van der Waals surface area contributed by atoms with Crippen LogP contribution in [-0.4, -0.2) is 35.0 Å². The molecule has 1 saturated heterocycles. The zero-order chi connectivity index (χ0) is 9.84. The molecule has 3 unspecified atom stereocenters. The first-order chi connectivity index (χ1) is 6.15. The van der Waals surface area contributed by atoms with Crippen molar-refractivity contribution in [1.82, 2.24) is 5.29 Å². The number of aldehydes is 1. The lowest BCUT2D eigenvalue weighted by molar-refractivity contribution is -0.296. The molecule has 1 heterocycles. The minimum atomic E-state index is -0.707. The van der Waals surface area contributed by atoms with E-state index in [-0.39, 0.29) is 17.8 Å². The molecule has 1 N–H and O–H groups in total. The van der Waals surface area contributed by atoms with E-state index in [4.69, 9.17) is 9.94 Å². The second-order valence-electron chi connectivity index (χ2n) is 3.32. The second-order valence-corrected chi connectivity index (χ2v) is 3.32. The molecule has 4 nitrogen and oxygen atoms in total. The molecule has 0 aliphatic carbocycles. The molecule has 1 aliphatic heterocycles. The maximum atomic E-state index is 12.5. The summed E-state index contributed by atoms with van der Waals surface area (Å²) in [6.07, 6.45) is 1.50. The van der Waals surface area contributed by atoms with E-state index in [0.717, 1.165) is 0 Å². The predicted octanol–water partition coefficient (Wildman–Crippen LogP) is 1.09. The summed E-state index contributed by atoms with van der Waals surface area (Å²) in [5, 5.41) is 8.28. The maximum Gasteiger partial charge on any atom is 0.122 e. The van der Waals surface area contributed by atoms with E-state index in [2.05, 4.69) is 0 Å². The van der Waals surface area contributed by atoms with Gasteiger partial charge in [0.25, 0.3) is 0 Å². The third-order valence-electron chi connectivity index (χ3n) is 2.31. The summed E-state index contributed by atoms with van der Waals surface area (Å²) in [5.41, 5.74) is 0. The molecule has 0 spiro atoms. The van der Waals surface area contributed by atoms with Crippen molar-refractivity contribution in [3.05, 3.63) is 0 Å². The van der Waals surface area contributed by atoms with Crippen molar-refractivity contribution < 1.29 is 19.2 Å². The van der Waals surface area contributed by atoms with Gasteiger partial charge in [-0.1, -0.05) is 0 Å². The van der Waals surface area contributed by atoms with E-state index in [1.165, 1.54) is 0 Å². The van der Waals surface area contributed by atoms with E-state index in [0.29, 0.717) is 19.1 Å². The van der Waals surface area contributed by atoms with Crippen LogP contribution in [0.1, 0.15) is 26.2 Å². The molecule has 3 atom stereocenters. The van der Waals surface area contributed by atoms with Crippen molar-refractivity contribution in [2.45, 2.75) is 44.4 Å². The van der Waals surface area contributed by atoms with E-state index >= 15 is 0 Å². The summed E-state index contributed by atoms with van der Waals surface area (Å²) in [6, 6.07) is -0.707. The summed E-state index contributed by atoms with van der Waals surface area (Å²) in [6.45, 7) is 1.87. The third-order valence-corrected chi connectivity index (χ3v) is 2.31. The van der Waals surface area contributed by atoms with Crippen LogP contribution >= 0.6 is 0 Å². The Morgan fingerprint density at radius 1 is 1.69 bits per heavy atom. The topological polar surface area (TPSA) is 49.8 Å². The highest BCUT2D eigenvalue weighted by molar-refractivity contribution is 5.50. The normalized spacial score (nSPS) is 34.9. The van der Waals surface area contributed by atoms with Gasteiger partial charge in [-0.3, -0.25) is 5.21 Å². The Morgan fingerprint density at radius 3 is 2.92 bits per heavy atom. The first kappa shape index (κ1) is 10.6. The van der Waals surface area contributed by atoms with Crippen LogP contribution in [0.2, 0.25) is 0 Å². The van der Waals surface area contributed by atoms with Crippen LogP contribution in [0.25, 0.3) is 0 Å². The number of halogens is 1. The minimum absolute atomic E-state index is 0.0288. The molecule has 0 bridgehead atoms. The van der Waals surface area contributed by atoms with Crippen molar-refractivity contribution in [1.29, 1.82) is 0 Å². The average Bonchev–Trinajstić information content (AvgIpc) is 2.04. The Kier molecular flexibility index (Phi) is 3.77. The first-order valence-corrected chi connectivity index (χ1v) is 4.38. The van der Waals surface area contributed by atoms with Gasteiger partial charge in [0.1, 0.15) is 6.29 Å². The number of carbonyl (C=O) groups is 1. The van der Waals surface area contributed by atoms with Gasteiger partial charge in [0, 0.05) is 6.42 Å². The summed E-state index contributed by atoms with van der Waals surface area (Å²) in [5.74, 6) is 0. The van der Waals surface area contributed by atoms with Crippen molar-refractivity contribution >= 4 is 6.29 Å². The Bertz CT molecular complexity index is 177. The smallest absolute Gasteiger partial charge is 0.122 e. The number of hydroxylamine groups is 1. The van der Waals surface area contributed by atoms with Gasteiger partial charge >= 0.3 is 0 Å². The zero-order valence-corrected chi connectivity index (χ0v) is 7.52. The molecule has 1 aliphatic rings. The van der Waals surface area contributed by atoms with Crippen LogP contribution in [0.4, 0.5) is 4.48 Å². The number of rotatable bonds is 3. The van der Waals surface area contributed by atoms with Gasteiger partial charge in [-0.15, -0.1) is 4.48 Å². The lowest BCUT2D eigenvalue weighted by Gasteiger charge is -2.34. The largest absolute Gasteiger partial charge is 0.373 e. The lowest BCUT2D eigenvalue weighted by Crippen LogP contribution is -2.45. The molecular weight excluding hydrogens is 177 g/mol. The van der Waals surface area contributed by atoms with Crippen molar-refractivity contribution in [2.24, 2.45) is 0 Å². The Labute approximate surface area is 76.2 Å². The molecular formula is C8H14FNO3. The van der Waals surface area contributed by atoms with Crippen molar-refractivity contribution in [3.63, 3.8) is 0 Å². The summed E-state index contributed by atoms with van der Waals surface area (Å²) < 4.78 is 17.8. The fourth-order valence-electron chi connectivity index (χ4n) is 1.60. The number of ether oxygens (including phenoxy) is 1. The van der Waals surface area contributed by atoms with Gasteiger partial charge in [-0.25, -0.2) is 0 Å². The highest BCUT2D eigenvalue weighted by Gasteiger charge is 2.33. The molecule has 5 heteroatoms. The number of nitrogens with zero attached hydrogens (tertiary/aromatic N) is 1. The number of hydrogen-bond donors (Lipinski definition) is 1. The Balaban J connectivity index is 2.54. The van der Waals surface area contributed by atoms with E-state index in [9.17, 15) is 9.28 Å². The van der Waals surface area contributed by atoms with Crippen molar-refractivity contribution in [3.8, 4) is 0 Å². The molecule has 0 aromatic carbocycles. The third kappa shape index (κ3) is 2.72. The van der Waals surface area contributed by atoms with Crippen molar-refractivity contribution in [2.75, 3.05) is 0 Å². The highest BCUT2D eigenvalue weighted by atomic mass is 19.2. The van der Waals surface area contributed by atoms with Crippen LogP contribution in [0.15, 0.2) is 0 Å². The Hall–Kier alpha value is -0.520. The van der Waals surface area contributed by atoms with Crippen LogP contribution in [-0.2, 0) is 9.53 Å². The quantitative estimate of drug-likeness (QED) is 0.412. The van der Waals surface area contributed by atoms with Gasteiger partial charge in [-0.2, -0.15) is 0 Å². The predicted molar refractivity (Wildman–Crippen MR) is 42.8 cm³/mol. The lowest BCUT2D eigenvalue weighted by atomic mass is 9.98. The van der Waals surface area contributed by atoms with Gasteiger partial charge in [0.15, 0.2) is 0 Å². The molecule has 0 aromatic rings. The first-order valence-electron chi connectivity index (χ1n) is 4.38. The fraction of sp³-hybridized carbons (Fsp3) is 0.875. The maximum absolute atomic E-state index is 12.5. The molecule has 0 amide bonds. The monoisotopic (exact) mass is 191 g/mol. The molecule has 1 rings (SSSR count).